The average Bonchev–Trinajstić information content (AvgIpc) is 2.62. The van der Waals surface area contributed by atoms with Crippen LogP contribution in [0.5, 0.6) is 0 Å². The predicted molar refractivity (Wildman–Crippen MR) is 63.5 cm³/mol. The lowest BCUT2D eigenvalue weighted by atomic mass is 10.1. The van der Waals surface area contributed by atoms with Gasteiger partial charge in [-0.05, 0) is 24.6 Å². The van der Waals surface area contributed by atoms with Crippen LogP contribution in [0.1, 0.15) is 15.9 Å². The number of anilines is 1. The van der Waals surface area contributed by atoms with Crippen molar-refractivity contribution >= 4 is 11.6 Å². The van der Waals surface area contributed by atoms with Crippen LogP contribution in [0.15, 0.2) is 18.2 Å². The number of β-amino-alcohol motifs (C(OH)–C–C–N with tert-alkyl or cyclic N) is 2. The van der Waals surface area contributed by atoms with E-state index in [0.29, 0.717) is 11.3 Å². The van der Waals surface area contributed by atoms with Gasteiger partial charge in [0.1, 0.15) is 0 Å². The van der Waals surface area contributed by atoms with Crippen LogP contribution in [0.3, 0.4) is 0 Å². The number of aliphatic hydroxyl groups is 2. The largest absolute Gasteiger partial charge is 0.399 e. The third kappa shape index (κ3) is 2.25. The molecule has 92 valence electrons. The Kier molecular flexibility index (Phi) is 3.04. The highest BCUT2D eigenvalue weighted by Gasteiger charge is 2.33. The third-order valence-electron chi connectivity index (χ3n) is 3.04. The van der Waals surface area contributed by atoms with Crippen LogP contribution < -0.4 is 5.73 Å². The summed E-state index contributed by atoms with van der Waals surface area (Å²) < 4.78 is 0. The molecule has 0 spiro atoms. The fourth-order valence-corrected chi connectivity index (χ4v) is 1.98. The molecule has 0 aliphatic carbocycles. The van der Waals surface area contributed by atoms with Crippen molar-refractivity contribution in [3.63, 3.8) is 0 Å². The van der Waals surface area contributed by atoms with Crippen LogP contribution in [-0.4, -0.2) is 46.3 Å². The monoisotopic (exact) mass is 236 g/mol. The topological polar surface area (TPSA) is 86.8 Å². The number of hydrogen-bond acceptors (Lipinski definition) is 4. The maximum atomic E-state index is 12.2. The molecule has 1 fully saturated rings. The molecule has 1 aromatic rings. The summed E-state index contributed by atoms with van der Waals surface area (Å²) in [7, 11) is 0. The molecule has 5 nitrogen and oxygen atoms in total. The molecule has 1 heterocycles. The van der Waals surface area contributed by atoms with E-state index in [1.807, 2.05) is 6.92 Å². The summed E-state index contributed by atoms with van der Waals surface area (Å²) in [5.74, 6) is -0.203. The van der Waals surface area contributed by atoms with Gasteiger partial charge in [-0.15, -0.1) is 0 Å². The lowest BCUT2D eigenvalue weighted by molar-refractivity contribution is 0.0572. The molecule has 1 aliphatic rings. The van der Waals surface area contributed by atoms with Crippen molar-refractivity contribution < 1.29 is 15.0 Å². The first-order chi connectivity index (χ1) is 7.99. The number of carbonyl (C=O) groups is 1. The standard InChI is InChI=1S/C12H16N2O3/c1-7-2-3-8(13)4-9(7)12(17)14-5-10(15)11(16)6-14/h2-4,10-11,15-16H,5-6,13H2,1H3/t10-,11+. The Morgan fingerprint density at radius 1 is 1.35 bits per heavy atom. The van der Waals surface area contributed by atoms with Crippen molar-refractivity contribution in [2.75, 3.05) is 18.8 Å². The van der Waals surface area contributed by atoms with Crippen LogP contribution in [0.2, 0.25) is 0 Å². The molecular weight excluding hydrogens is 220 g/mol. The SMILES string of the molecule is Cc1ccc(N)cc1C(=O)N1C[C@@H](O)[C@@H](O)C1. The number of nitrogen functional groups attached to an aromatic ring is 1. The quantitative estimate of drug-likeness (QED) is 0.587. The summed E-state index contributed by atoms with van der Waals surface area (Å²) in [6, 6.07) is 5.14. The lowest BCUT2D eigenvalue weighted by Gasteiger charge is -2.17. The zero-order chi connectivity index (χ0) is 12.6. The van der Waals surface area contributed by atoms with E-state index in [0.717, 1.165) is 5.56 Å². The van der Waals surface area contributed by atoms with E-state index < -0.39 is 12.2 Å². The molecule has 0 saturated carbocycles. The molecule has 1 aliphatic heterocycles. The van der Waals surface area contributed by atoms with Gasteiger partial charge in [-0.3, -0.25) is 4.79 Å². The molecule has 0 radical (unpaired) electrons. The number of aryl methyl sites for hydroxylation is 1. The van der Waals surface area contributed by atoms with Crippen molar-refractivity contribution in [3.8, 4) is 0 Å². The maximum absolute atomic E-state index is 12.2. The number of nitrogens with zero attached hydrogens (tertiary/aromatic N) is 1. The van der Waals surface area contributed by atoms with E-state index in [2.05, 4.69) is 0 Å². The Balaban J connectivity index is 2.23. The van der Waals surface area contributed by atoms with Gasteiger partial charge < -0.3 is 20.8 Å². The van der Waals surface area contributed by atoms with Crippen molar-refractivity contribution in [1.82, 2.24) is 4.90 Å². The van der Waals surface area contributed by atoms with E-state index in [9.17, 15) is 15.0 Å². The molecule has 0 bridgehead atoms. The van der Waals surface area contributed by atoms with Gasteiger partial charge in [0, 0.05) is 24.3 Å². The molecule has 2 atom stereocenters. The number of likely N-dealkylation sites (tertiary alicyclic amines) is 1. The van der Waals surface area contributed by atoms with Crippen LogP contribution in [0.25, 0.3) is 0 Å². The number of benzene rings is 1. The second kappa shape index (κ2) is 4.35. The number of amides is 1. The molecular formula is C12H16N2O3. The van der Waals surface area contributed by atoms with Gasteiger partial charge in [-0.2, -0.15) is 0 Å². The highest BCUT2D eigenvalue weighted by molar-refractivity contribution is 5.96. The Morgan fingerprint density at radius 2 is 1.94 bits per heavy atom. The molecule has 1 saturated heterocycles. The molecule has 1 aromatic carbocycles. The second-order valence-corrected chi connectivity index (χ2v) is 4.42. The molecule has 2 rings (SSSR count). The fourth-order valence-electron chi connectivity index (χ4n) is 1.98. The summed E-state index contributed by atoms with van der Waals surface area (Å²) in [5.41, 5.74) is 7.53. The van der Waals surface area contributed by atoms with E-state index in [1.54, 1.807) is 18.2 Å². The van der Waals surface area contributed by atoms with Crippen LogP contribution in [0, 0.1) is 6.92 Å². The van der Waals surface area contributed by atoms with Crippen LogP contribution in [0.4, 0.5) is 5.69 Å². The van der Waals surface area contributed by atoms with E-state index >= 15 is 0 Å². The summed E-state index contributed by atoms with van der Waals surface area (Å²) in [5, 5.41) is 18.8. The first-order valence-electron chi connectivity index (χ1n) is 5.50. The Bertz CT molecular complexity index is 437. The molecule has 0 unspecified atom stereocenters. The van der Waals surface area contributed by atoms with Crippen molar-refractivity contribution in [2.45, 2.75) is 19.1 Å². The number of nitrogens with two attached hydrogens (primary N) is 1. The Hall–Kier alpha value is -1.59. The first-order valence-corrected chi connectivity index (χ1v) is 5.50. The summed E-state index contributed by atoms with van der Waals surface area (Å²) >= 11 is 0. The third-order valence-corrected chi connectivity index (χ3v) is 3.04. The maximum Gasteiger partial charge on any atom is 0.254 e. The van der Waals surface area contributed by atoms with Gasteiger partial charge in [0.25, 0.3) is 5.91 Å². The Morgan fingerprint density at radius 3 is 2.53 bits per heavy atom. The van der Waals surface area contributed by atoms with E-state index in [1.165, 1.54) is 4.90 Å². The fraction of sp³-hybridized carbons (Fsp3) is 0.417. The van der Waals surface area contributed by atoms with Gasteiger partial charge in [0.15, 0.2) is 0 Å². The minimum absolute atomic E-state index is 0.161. The number of aliphatic hydroxyl groups excluding tert-OH is 2. The molecule has 5 heteroatoms. The van der Waals surface area contributed by atoms with Gasteiger partial charge in [-0.25, -0.2) is 0 Å². The van der Waals surface area contributed by atoms with Gasteiger partial charge >= 0.3 is 0 Å². The summed E-state index contributed by atoms with van der Waals surface area (Å²) in [4.78, 5) is 13.6. The van der Waals surface area contributed by atoms with Crippen LogP contribution >= 0.6 is 0 Å². The molecule has 17 heavy (non-hydrogen) atoms. The van der Waals surface area contributed by atoms with Crippen molar-refractivity contribution in [2.24, 2.45) is 0 Å². The second-order valence-electron chi connectivity index (χ2n) is 4.42. The first kappa shape index (κ1) is 11.9. The number of rotatable bonds is 1. The van der Waals surface area contributed by atoms with Gasteiger partial charge in [-0.1, -0.05) is 6.07 Å². The normalized spacial score (nSPS) is 24.1. The van der Waals surface area contributed by atoms with Gasteiger partial charge in [0.2, 0.25) is 0 Å². The van der Waals surface area contributed by atoms with Crippen molar-refractivity contribution in [1.29, 1.82) is 0 Å². The highest BCUT2D eigenvalue weighted by atomic mass is 16.3. The minimum atomic E-state index is -0.861. The zero-order valence-electron chi connectivity index (χ0n) is 9.63. The average molecular weight is 236 g/mol. The Labute approximate surface area is 99.5 Å². The highest BCUT2D eigenvalue weighted by Crippen LogP contribution is 2.18. The molecule has 0 aromatic heterocycles. The smallest absolute Gasteiger partial charge is 0.254 e. The molecule has 4 N–H and O–H groups in total. The summed E-state index contributed by atoms with van der Waals surface area (Å²) in [6.45, 7) is 2.15. The zero-order valence-corrected chi connectivity index (χ0v) is 9.63. The van der Waals surface area contributed by atoms with Crippen molar-refractivity contribution in [3.05, 3.63) is 29.3 Å². The number of hydrogen-bond donors (Lipinski definition) is 3. The van der Waals surface area contributed by atoms with Crippen LogP contribution in [-0.2, 0) is 0 Å². The predicted octanol–water partition coefficient (Wildman–Crippen LogP) is -0.245. The van der Waals surface area contributed by atoms with Gasteiger partial charge in [0.05, 0.1) is 12.2 Å². The number of carbonyl (C=O) groups excluding carboxylic acids is 1. The lowest BCUT2D eigenvalue weighted by Crippen LogP contribution is -2.30. The van der Waals surface area contributed by atoms with E-state index in [4.69, 9.17) is 5.73 Å². The minimum Gasteiger partial charge on any atom is -0.399 e. The van der Waals surface area contributed by atoms with E-state index in [-0.39, 0.29) is 19.0 Å². The summed E-state index contributed by atoms with van der Waals surface area (Å²) in [6.07, 6.45) is -1.72. The molecule has 1 amide bonds.